The summed E-state index contributed by atoms with van der Waals surface area (Å²) in [5, 5.41) is 6.46. The van der Waals surface area contributed by atoms with Gasteiger partial charge in [-0.3, -0.25) is 14.3 Å². The fourth-order valence-corrected chi connectivity index (χ4v) is 1.95. The van der Waals surface area contributed by atoms with Gasteiger partial charge in [0, 0.05) is 16.4 Å². The van der Waals surface area contributed by atoms with Crippen LogP contribution < -0.4 is 11.1 Å². The first-order valence-electron chi connectivity index (χ1n) is 6.02. The molecule has 0 saturated heterocycles. The highest BCUT2D eigenvalue weighted by molar-refractivity contribution is 9.10. The Hall–Kier alpha value is -2.35. The normalized spacial score (nSPS) is 10.1. The van der Waals surface area contributed by atoms with Gasteiger partial charge in [-0.05, 0) is 18.2 Å². The molecule has 0 spiro atoms. The number of anilines is 2. The number of amides is 1. The van der Waals surface area contributed by atoms with Gasteiger partial charge in [0.05, 0.1) is 11.9 Å². The van der Waals surface area contributed by atoms with Gasteiger partial charge in [0.25, 0.3) is 5.91 Å². The Balaban J connectivity index is 1.77. The lowest BCUT2D eigenvalue weighted by atomic mass is 10.3. The molecular formula is C13H13BrN4O3. The van der Waals surface area contributed by atoms with Crippen molar-refractivity contribution in [2.24, 2.45) is 0 Å². The number of ether oxygens (including phenoxy) is 1. The summed E-state index contributed by atoms with van der Waals surface area (Å²) < 4.78 is 7.03. The van der Waals surface area contributed by atoms with Gasteiger partial charge in [0.15, 0.2) is 6.61 Å². The molecule has 110 valence electrons. The molecule has 0 aliphatic rings. The van der Waals surface area contributed by atoms with Crippen LogP contribution in [0.25, 0.3) is 0 Å². The molecule has 1 heterocycles. The first-order valence-corrected chi connectivity index (χ1v) is 6.81. The van der Waals surface area contributed by atoms with Crippen molar-refractivity contribution in [1.29, 1.82) is 0 Å². The predicted molar refractivity (Wildman–Crippen MR) is 80.4 cm³/mol. The van der Waals surface area contributed by atoms with E-state index in [4.69, 9.17) is 10.5 Å². The Morgan fingerprint density at radius 3 is 2.90 bits per heavy atom. The maximum atomic E-state index is 11.6. The van der Waals surface area contributed by atoms with Crippen LogP contribution in [0.2, 0.25) is 0 Å². The smallest absolute Gasteiger partial charge is 0.328 e. The summed E-state index contributed by atoms with van der Waals surface area (Å²) in [6, 6.07) is 7.10. The van der Waals surface area contributed by atoms with E-state index in [0.717, 1.165) is 4.47 Å². The largest absolute Gasteiger partial charge is 0.454 e. The first kappa shape index (κ1) is 15.0. The summed E-state index contributed by atoms with van der Waals surface area (Å²) in [6.45, 7) is -0.455. The molecule has 0 aliphatic heterocycles. The second-order valence-corrected chi connectivity index (χ2v) is 5.11. The SMILES string of the molecule is Nc1cnn(CC(=O)OCC(=O)Nc2cccc(Br)c2)c1. The molecule has 1 amide bonds. The quantitative estimate of drug-likeness (QED) is 0.792. The van der Waals surface area contributed by atoms with Gasteiger partial charge >= 0.3 is 5.97 Å². The predicted octanol–water partition coefficient (Wildman–Crippen LogP) is 1.41. The summed E-state index contributed by atoms with van der Waals surface area (Å²) in [7, 11) is 0. The van der Waals surface area contributed by atoms with Crippen molar-refractivity contribution in [2.75, 3.05) is 17.7 Å². The third-order valence-electron chi connectivity index (χ3n) is 2.42. The Kier molecular flexibility index (Phi) is 4.94. The minimum absolute atomic E-state index is 0.0959. The number of hydrogen-bond acceptors (Lipinski definition) is 5. The lowest BCUT2D eigenvalue weighted by molar-refractivity contribution is -0.148. The molecule has 1 aromatic heterocycles. The number of carbonyl (C=O) groups excluding carboxylic acids is 2. The monoisotopic (exact) mass is 352 g/mol. The van der Waals surface area contributed by atoms with Crippen LogP contribution in [0.3, 0.4) is 0 Å². The summed E-state index contributed by atoms with van der Waals surface area (Å²) in [5.41, 5.74) is 6.54. The van der Waals surface area contributed by atoms with Crippen molar-refractivity contribution in [3.05, 3.63) is 41.1 Å². The van der Waals surface area contributed by atoms with Crippen LogP contribution in [0, 0.1) is 0 Å². The number of rotatable bonds is 5. The highest BCUT2D eigenvalue weighted by Crippen LogP contribution is 2.15. The minimum atomic E-state index is -0.567. The Bertz CT molecular complexity index is 656. The maximum Gasteiger partial charge on any atom is 0.328 e. The van der Waals surface area contributed by atoms with Crippen LogP contribution in [0.1, 0.15) is 0 Å². The number of aromatic nitrogens is 2. The number of hydrogen-bond donors (Lipinski definition) is 2. The Morgan fingerprint density at radius 2 is 2.24 bits per heavy atom. The van der Waals surface area contributed by atoms with Crippen LogP contribution in [0.5, 0.6) is 0 Å². The van der Waals surface area contributed by atoms with Gasteiger partial charge in [-0.2, -0.15) is 5.10 Å². The van der Waals surface area contributed by atoms with E-state index in [9.17, 15) is 9.59 Å². The number of nitrogens with two attached hydrogens (primary N) is 1. The van der Waals surface area contributed by atoms with Crippen LogP contribution in [-0.4, -0.2) is 28.3 Å². The number of nitrogen functional groups attached to an aromatic ring is 1. The second-order valence-electron chi connectivity index (χ2n) is 4.19. The standard InChI is InChI=1S/C13H13BrN4O3/c14-9-2-1-3-11(4-9)17-12(19)8-21-13(20)7-18-6-10(15)5-16-18/h1-6H,7-8,15H2,(H,17,19). The molecular weight excluding hydrogens is 340 g/mol. The second kappa shape index (κ2) is 6.89. The van der Waals surface area contributed by atoms with Gasteiger partial charge in [-0.1, -0.05) is 22.0 Å². The van der Waals surface area contributed by atoms with Crippen LogP contribution in [0.4, 0.5) is 11.4 Å². The lowest BCUT2D eigenvalue weighted by Gasteiger charge is -2.07. The fraction of sp³-hybridized carbons (Fsp3) is 0.154. The van der Waals surface area contributed by atoms with E-state index in [1.54, 1.807) is 18.2 Å². The molecule has 2 aromatic rings. The average Bonchev–Trinajstić information content (AvgIpc) is 2.82. The number of nitrogens with one attached hydrogen (secondary N) is 1. The molecule has 2 rings (SSSR count). The van der Waals surface area contributed by atoms with Crippen LogP contribution in [-0.2, 0) is 20.9 Å². The van der Waals surface area contributed by atoms with E-state index < -0.39 is 11.9 Å². The fourth-order valence-electron chi connectivity index (χ4n) is 1.55. The molecule has 8 heteroatoms. The molecule has 0 bridgehead atoms. The lowest BCUT2D eigenvalue weighted by Crippen LogP contribution is -2.23. The van der Waals surface area contributed by atoms with Crippen molar-refractivity contribution in [1.82, 2.24) is 9.78 Å². The number of carbonyl (C=O) groups is 2. The molecule has 0 atom stereocenters. The summed E-state index contributed by atoms with van der Waals surface area (Å²) in [4.78, 5) is 23.2. The van der Waals surface area contributed by atoms with Crippen molar-refractivity contribution >= 4 is 39.2 Å². The third-order valence-corrected chi connectivity index (χ3v) is 2.91. The van der Waals surface area contributed by atoms with Gasteiger partial charge in [-0.15, -0.1) is 0 Å². The zero-order valence-electron chi connectivity index (χ0n) is 11.0. The molecule has 7 nitrogen and oxygen atoms in total. The molecule has 0 aliphatic carbocycles. The van der Waals surface area contributed by atoms with Gasteiger partial charge < -0.3 is 15.8 Å². The molecule has 0 radical (unpaired) electrons. The van der Waals surface area contributed by atoms with E-state index in [-0.39, 0.29) is 13.2 Å². The number of esters is 1. The highest BCUT2D eigenvalue weighted by Gasteiger charge is 2.09. The number of benzene rings is 1. The van der Waals surface area contributed by atoms with Crippen molar-refractivity contribution in [2.45, 2.75) is 6.54 Å². The van der Waals surface area contributed by atoms with E-state index in [1.807, 2.05) is 6.07 Å². The van der Waals surface area contributed by atoms with Crippen molar-refractivity contribution in [3.63, 3.8) is 0 Å². The number of nitrogens with zero attached hydrogens (tertiary/aromatic N) is 2. The summed E-state index contributed by atoms with van der Waals surface area (Å²) in [5.74, 6) is -0.982. The van der Waals surface area contributed by atoms with Crippen molar-refractivity contribution < 1.29 is 14.3 Å². The first-order chi connectivity index (χ1) is 10.0. The third kappa shape index (κ3) is 4.92. The van der Waals surface area contributed by atoms with E-state index in [0.29, 0.717) is 11.4 Å². The molecule has 0 fully saturated rings. The summed E-state index contributed by atoms with van der Waals surface area (Å²) >= 11 is 3.30. The van der Waals surface area contributed by atoms with E-state index >= 15 is 0 Å². The van der Waals surface area contributed by atoms with Gasteiger partial charge in [-0.25, -0.2) is 0 Å². The Morgan fingerprint density at radius 1 is 1.43 bits per heavy atom. The van der Waals surface area contributed by atoms with Crippen LogP contribution in [0.15, 0.2) is 41.1 Å². The van der Waals surface area contributed by atoms with Crippen LogP contribution >= 0.6 is 15.9 Å². The van der Waals surface area contributed by atoms with E-state index in [2.05, 4.69) is 26.3 Å². The zero-order valence-corrected chi connectivity index (χ0v) is 12.5. The van der Waals surface area contributed by atoms with Gasteiger partial charge in [0.1, 0.15) is 6.54 Å². The molecule has 21 heavy (non-hydrogen) atoms. The van der Waals surface area contributed by atoms with Gasteiger partial charge in [0.2, 0.25) is 0 Å². The Labute approximate surface area is 129 Å². The van der Waals surface area contributed by atoms with Crippen molar-refractivity contribution in [3.8, 4) is 0 Å². The number of halogens is 1. The molecule has 0 saturated carbocycles. The molecule has 1 aromatic carbocycles. The molecule has 3 N–H and O–H groups in total. The zero-order chi connectivity index (χ0) is 15.2. The maximum absolute atomic E-state index is 11.6. The van der Waals surface area contributed by atoms with E-state index in [1.165, 1.54) is 17.1 Å². The minimum Gasteiger partial charge on any atom is -0.454 e. The molecule has 0 unspecified atom stereocenters. The highest BCUT2D eigenvalue weighted by atomic mass is 79.9. The summed E-state index contributed by atoms with van der Waals surface area (Å²) in [6.07, 6.45) is 2.93. The topological polar surface area (TPSA) is 99.2 Å². The average molecular weight is 353 g/mol.